The highest BCUT2D eigenvalue weighted by atomic mass is 16.5. The molecule has 2 aromatic rings. The van der Waals surface area contributed by atoms with E-state index in [0.29, 0.717) is 24.3 Å². The molecule has 0 saturated carbocycles. The van der Waals surface area contributed by atoms with Crippen LogP contribution in [0.1, 0.15) is 56.3 Å². The summed E-state index contributed by atoms with van der Waals surface area (Å²) in [5.74, 6) is -0.261. The van der Waals surface area contributed by atoms with Crippen molar-refractivity contribution in [2.45, 2.75) is 51.5 Å². The average molecular weight is 437 g/mol. The van der Waals surface area contributed by atoms with Crippen LogP contribution in [0.15, 0.2) is 48.5 Å². The van der Waals surface area contributed by atoms with Gasteiger partial charge in [-0.25, -0.2) is 0 Å². The van der Waals surface area contributed by atoms with Crippen LogP contribution in [0.4, 0.5) is 0 Å². The minimum atomic E-state index is -0.791. The Morgan fingerprint density at radius 2 is 1.75 bits per heavy atom. The smallest absolute Gasteiger partial charge is 0.224 e. The lowest BCUT2D eigenvalue weighted by molar-refractivity contribution is -0.134. The van der Waals surface area contributed by atoms with Crippen LogP contribution in [-0.4, -0.2) is 31.3 Å². The molecule has 0 aliphatic carbocycles. The zero-order valence-electron chi connectivity index (χ0n) is 19.2. The second-order valence-electron chi connectivity index (χ2n) is 9.34. The molecule has 1 saturated heterocycles. The third kappa shape index (κ3) is 5.96. The number of carbonyl (C=O) groups is 3. The van der Waals surface area contributed by atoms with Crippen molar-refractivity contribution in [3.8, 4) is 5.75 Å². The Kier molecular flexibility index (Phi) is 7.33. The number of Topliss-reactive ketones (excluding diaryl/α,β-unsaturated/α-hetero) is 1. The van der Waals surface area contributed by atoms with Gasteiger partial charge in [0.25, 0.3) is 0 Å². The molecule has 6 nitrogen and oxygen atoms in total. The highest BCUT2D eigenvalue weighted by Crippen LogP contribution is 2.25. The number of nitrogens with one attached hydrogen (secondary N) is 2. The van der Waals surface area contributed by atoms with Gasteiger partial charge in [-0.15, -0.1) is 0 Å². The van der Waals surface area contributed by atoms with Crippen molar-refractivity contribution in [3.63, 3.8) is 0 Å². The number of amides is 2. The van der Waals surface area contributed by atoms with Gasteiger partial charge in [-0.05, 0) is 40.7 Å². The van der Waals surface area contributed by atoms with E-state index in [1.165, 1.54) is 5.56 Å². The Hall–Kier alpha value is -3.15. The molecule has 6 heteroatoms. The number of ketones is 1. The summed E-state index contributed by atoms with van der Waals surface area (Å²) in [5, 5.41) is 5.64. The summed E-state index contributed by atoms with van der Waals surface area (Å²) >= 11 is 0. The summed E-state index contributed by atoms with van der Waals surface area (Å²) in [6.07, 6.45) is 0.908. The number of rotatable bonds is 7. The summed E-state index contributed by atoms with van der Waals surface area (Å²) in [7, 11) is 1.58. The van der Waals surface area contributed by atoms with Gasteiger partial charge in [-0.1, -0.05) is 57.2 Å². The van der Waals surface area contributed by atoms with E-state index >= 15 is 0 Å². The van der Waals surface area contributed by atoms with Crippen molar-refractivity contribution in [1.82, 2.24) is 10.6 Å². The number of benzene rings is 2. The van der Waals surface area contributed by atoms with Crippen molar-refractivity contribution in [1.29, 1.82) is 0 Å². The number of hydrogen-bond acceptors (Lipinski definition) is 4. The third-order valence-electron chi connectivity index (χ3n) is 5.87. The molecular weight excluding hydrogens is 404 g/mol. The normalized spacial score (nSPS) is 17.2. The lowest BCUT2D eigenvalue weighted by Gasteiger charge is -2.25. The zero-order valence-corrected chi connectivity index (χ0v) is 19.2. The first-order chi connectivity index (χ1) is 15.2. The van der Waals surface area contributed by atoms with Crippen LogP contribution < -0.4 is 15.4 Å². The molecular formula is C26H32N2O4. The van der Waals surface area contributed by atoms with Crippen LogP contribution in [0.2, 0.25) is 0 Å². The first-order valence-electron chi connectivity index (χ1n) is 11.0. The van der Waals surface area contributed by atoms with E-state index in [4.69, 9.17) is 4.74 Å². The van der Waals surface area contributed by atoms with Crippen molar-refractivity contribution >= 4 is 17.6 Å². The molecule has 1 heterocycles. The van der Waals surface area contributed by atoms with Gasteiger partial charge in [0.15, 0.2) is 5.78 Å². The van der Waals surface area contributed by atoms with Crippen LogP contribution in [0, 0.1) is 5.92 Å². The van der Waals surface area contributed by atoms with E-state index in [2.05, 4.69) is 31.4 Å². The Morgan fingerprint density at radius 3 is 2.31 bits per heavy atom. The number of hydrogen-bond donors (Lipinski definition) is 2. The molecule has 2 N–H and O–H groups in total. The zero-order chi connectivity index (χ0) is 23.3. The summed E-state index contributed by atoms with van der Waals surface area (Å²) < 4.78 is 5.22. The predicted octanol–water partition coefficient (Wildman–Crippen LogP) is 3.49. The summed E-state index contributed by atoms with van der Waals surface area (Å²) in [6.45, 7) is 6.91. The van der Waals surface area contributed by atoms with E-state index in [9.17, 15) is 14.4 Å². The highest BCUT2D eigenvalue weighted by molar-refractivity contribution is 5.93. The Labute approximate surface area is 189 Å². The van der Waals surface area contributed by atoms with Gasteiger partial charge < -0.3 is 15.4 Å². The van der Waals surface area contributed by atoms with Gasteiger partial charge in [0.2, 0.25) is 11.8 Å². The number of ether oxygens (including phenoxy) is 1. The van der Waals surface area contributed by atoms with Gasteiger partial charge >= 0.3 is 0 Å². The third-order valence-corrected chi connectivity index (χ3v) is 5.87. The molecule has 0 aromatic heterocycles. The van der Waals surface area contributed by atoms with Crippen LogP contribution in [0.3, 0.4) is 0 Å². The fourth-order valence-corrected chi connectivity index (χ4v) is 3.84. The van der Waals surface area contributed by atoms with E-state index in [0.717, 1.165) is 5.56 Å². The van der Waals surface area contributed by atoms with Crippen LogP contribution in [0.5, 0.6) is 5.75 Å². The minimum Gasteiger partial charge on any atom is -0.497 e. The quantitative estimate of drug-likeness (QED) is 0.696. The summed E-state index contributed by atoms with van der Waals surface area (Å²) in [5.41, 5.74) is 2.82. The van der Waals surface area contributed by atoms with E-state index < -0.39 is 12.0 Å². The minimum absolute atomic E-state index is 0.0361. The summed E-state index contributed by atoms with van der Waals surface area (Å²) in [6, 6.07) is 14.4. The SMILES string of the molecule is COc1ccc(C(NC(=O)C2CCNC(=O)C2)C(=O)Cc2ccc(C(C)(C)C)cc2)cc1. The maximum atomic E-state index is 13.3. The predicted molar refractivity (Wildman–Crippen MR) is 123 cm³/mol. The highest BCUT2D eigenvalue weighted by Gasteiger charge is 2.30. The van der Waals surface area contributed by atoms with Crippen LogP contribution in [0.25, 0.3) is 0 Å². The molecule has 1 aliphatic rings. The maximum absolute atomic E-state index is 13.3. The van der Waals surface area contributed by atoms with Crippen molar-refractivity contribution < 1.29 is 19.1 Å². The first kappa shape index (κ1) is 23.5. The van der Waals surface area contributed by atoms with E-state index in [-0.39, 0.29) is 35.9 Å². The Bertz CT molecular complexity index is 959. The largest absolute Gasteiger partial charge is 0.497 e. The first-order valence-corrected chi connectivity index (χ1v) is 11.0. The second kappa shape index (κ2) is 9.98. The fourth-order valence-electron chi connectivity index (χ4n) is 3.84. The molecule has 170 valence electrons. The number of carbonyl (C=O) groups excluding carboxylic acids is 3. The molecule has 1 aliphatic heterocycles. The van der Waals surface area contributed by atoms with E-state index in [1.54, 1.807) is 31.4 Å². The topological polar surface area (TPSA) is 84.5 Å². The molecule has 0 radical (unpaired) electrons. The molecule has 3 rings (SSSR count). The molecule has 32 heavy (non-hydrogen) atoms. The van der Waals surface area contributed by atoms with Crippen molar-refractivity contribution in [2.75, 3.05) is 13.7 Å². The van der Waals surface area contributed by atoms with Gasteiger partial charge in [0.1, 0.15) is 11.8 Å². The van der Waals surface area contributed by atoms with Crippen LogP contribution >= 0.6 is 0 Å². The Balaban J connectivity index is 1.79. The lowest BCUT2D eigenvalue weighted by atomic mass is 9.86. The van der Waals surface area contributed by atoms with E-state index in [1.807, 2.05) is 24.3 Å². The number of methoxy groups -OCH3 is 1. The molecule has 1 fully saturated rings. The average Bonchev–Trinajstić information content (AvgIpc) is 2.77. The molecule has 2 aromatic carbocycles. The molecule has 2 unspecified atom stereocenters. The van der Waals surface area contributed by atoms with Crippen molar-refractivity contribution in [2.24, 2.45) is 5.92 Å². The summed E-state index contributed by atoms with van der Waals surface area (Å²) in [4.78, 5) is 37.9. The van der Waals surface area contributed by atoms with Gasteiger partial charge in [-0.3, -0.25) is 14.4 Å². The maximum Gasteiger partial charge on any atom is 0.224 e. The van der Waals surface area contributed by atoms with Gasteiger partial charge in [0.05, 0.1) is 7.11 Å². The Morgan fingerprint density at radius 1 is 1.09 bits per heavy atom. The second-order valence-corrected chi connectivity index (χ2v) is 9.34. The monoisotopic (exact) mass is 436 g/mol. The van der Waals surface area contributed by atoms with Gasteiger partial charge in [0, 0.05) is 25.3 Å². The standard InChI is InChI=1S/C26H32N2O4/c1-26(2,3)20-9-5-17(6-10-20)15-22(29)24(18-7-11-21(32-4)12-8-18)28-25(31)19-13-14-27-23(30)16-19/h5-12,19,24H,13-16H2,1-4H3,(H,27,30)(H,28,31). The van der Waals surface area contributed by atoms with Gasteiger partial charge in [-0.2, -0.15) is 0 Å². The number of piperidine rings is 1. The van der Waals surface area contributed by atoms with Crippen LogP contribution in [-0.2, 0) is 26.2 Å². The molecule has 0 bridgehead atoms. The molecule has 2 atom stereocenters. The van der Waals surface area contributed by atoms with Crippen molar-refractivity contribution in [3.05, 3.63) is 65.2 Å². The molecule has 2 amide bonds. The molecule has 0 spiro atoms. The fraction of sp³-hybridized carbons (Fsp3) is 0.423. The lowest BCUT2D eigenvalue weighted by Crippen LogP contribution is -2.43.